The molecule has 3 heterocycles. The average Bonchev–Trinajstić information content (AvgIpc) is 2.96. The van der Waals surface area contributed by atoms with E-state index in [9.17, 15) is 14.4 Å². The molecule has 6 heteroatoms. The summed E-state index contributed by atoms with van der Waals surface area (Å²) in [4.78, 5) is 44.9. The van der Waals surface area contributed by atoms with Gasteiger partial charge in [0.2, 0.25) is 5.91 Å². The third kappa shape index (κ3) is 2.48. The van der Waals surface area contributed by atoms with Gasteiger partial charge in [-0.05, 0) is 32.4 Å². The molecule has 28 heavy (non-hydrogen) atoms. The molecular formula is C22H21N3O3. The normalized spacial score (nSPS) is 19.0. The van der Waals surface area contributed by atoms with Gasteiger partial charge >= 0.3 is 0 Å². The van der Waals surface area contributed by atoms with Gasteiger partial charge in [-0.2, -0.15) is 0 Å². The van der Waals surface area contributed by atoms with E-state index in [1.54, 1.807) is 17.2 Å². The number of carbonyl (C=O) groups is 3. The van der Waals surface area contributed by atoms with E-state index in [-0.39, 0.29) is 17.5 Å². The number of amides is 1. The highest BCUT2D eigenvalue weighted by molar-refractivity contribution is 6.19. The van der Waals surface area contributed by atoms with Crippen LogP contribution in [0, 0.1) is 19.8 Å². The summed E-state index contributed by atoms with van der Waals surface area (Å²) >= 11 is 0. The molecule has 1 amide bonds. The van der Waals surface area contributed by atoms with Crippen LogP contribution >= 0.6 is 0 Å². The molecule has 3 aromatic rings. The Hall–Kier alpha value is -3.28. The Balaban J connectivity index is 2.09. The zero-order valence-electron chi connectivity index (χ0n) is 16.3. The molecule has 0 spiro atoms. The smallest absolute Gasteiger partial charge is 0.224 e. The number of aromatic nitrogens is 2. The first-order valence-electron chi connectivity index (χ1n) is 9.20. The molecule has 1 aliphatic rings. The first-order valence-corrected chi connectivity index (χ1v) is 9.20. The molecule has 2 aromatic heterocycles. The van der Waals surface area contributed by atoms with Gasteiger partial charge in [0.25, 0.3) is 0 Å². The van der Waals surface area contributed by atoms with E-state index in [0.717, 1.165) is 17.0 Å². The number of rotatable bonds is 2. The third-order valence-electron chi connectivity index (χ3n) is 5.55. The van der Waals surface area contributed by atoms with Crippen LogP contribution in [0.15, 0.2) is 42.6 Å². The standard InChI is InChI=1S/C22H21N3O3/c1-12-13(2)24-11-10-17-20(22(24)23-12)25(15(4)27)19(16-8-6-5-7-9-16)18(14(3)26)21(17)28/h5-11,18-19H,1-4H3/t18?,19-/m0/s1. The van der Waals surface area contributed by atoms with Crippen molar-refractivity contribution in [3.63, 3.8) is 0 Å². The fourth-order valence-corrected chi connectivity index (χ4v) is 4.11. The van der Waals surface area contributed by atoms with E-state index in [1.807, 2.05) is 48.6 Å². The van der Waals surface area contributed by atoms with Crippen LogP contribution in [-0.2, 0) is 9.59 Å². The summed E-state index contributed by atoms with van der Waals surface area (Å²) < 4.78 is 1.88. The molecule has 1 unspecified atom stereocenters. The first kappa shape index (κ1) is 18.1. The molecule has 0 N–H and O–H groups in total. The number of anilines is 1. The van der Waals surface area contributed by atoms with Crippen molar-refractivity contribution in [3.8, 4) is 0 Å². The number of carbonyl (C=O) groups excluding carboxylic acids is 3. The zero-order chi connectivity index (χ0) is 20.2. The summed E-state index contributed by atoms with van der Waals surface area (Å²) in [5.41, 5.74) is 3.91. The Labute approximate surface area is 162 Å². The number of ketones is 2. The predicted octanol–water partition coefficient (Wildman–Crippen LogP) is 3.45. The van der Waals surface area contributed by atoms with Crippen molar-refractivity contribution in [2.75, 3.05) is 4.90 Å². The summed E-state index contributed by atoms with van der Waals surface area (Å²) in [5, 5.41) is 0. The number of hydrogen-bond acceptors (Lipinski definition) is 4. The molecule has 0 bridgehead atoms. The van der Waals surface area contributed by atoms with Crippen molar-refractivity contribution >= 4 is 28.8 Å². The lowest BCUT2D eigenvalue weighted by Crippen LogP contribution is -2.47. The molecule has 4 rings (SSSR count). The maximum absolute atomic E-state index is 13.3. The summed E-state index contributed by atoms with van der Waals surface area (Å²) in [5.74, 6) is -1.71. The minimum Gasteiger partial charge on any atom is -0.302 e. The topological polar surface area (TPSA) is 71.8 Å². The number of fused-ring (bicyclic) bond motifs is 3. The van der Waals surface area contributed by atoms with E-state index in [4.69, 9.17) is 0 Å². The van der Waals surface area contributed by atoms with E-state index in [1.165, 1.54) is 13.8 Å². The SMILES string of the molecule is CC(=O)C1C(=O)c2ccn3c(C)c(C)nc3c2N(C(C)=O)[C@H]1c1ccccc1. The molecule has 0 radical (unpaired) electrons. The number of hydrogen-bond donors (Lipinski definition) is 0. The first-order chi connectivity index (χ1) is 13.3. The van der Waals surface area contributed by atoms with E-state index in [2.05, 4.69) is 4.98 Å². The van der Waals surface area contributed by atoms with Gasteiger partial charge < -0.3 is 4.40 Å². The van der Waals surface area contributed by atoms with Crippen LogP contribution in [0.4, 0.5) is 5.69 Å². The lowest BCUT2D eigenvalue weighted by Gasteiger charge is -2.40. The second-order valence-electron chi connectivity index (χ2n) is 7.25. The Morgan fingerprint density at radius 3 is 2.32 bits per heavy atom. The van der Waals surface area contributed by atoms with Crippen molar-refractivity contribution in [1.82, 2.24) is 9.38 Å². The Morgan fingerprint density at radius 2 is 1.71 bits per heavy atom. The summed E-state index contributed by atoms with van der Waals surface area (Å²) in [6, 6.07) is 10.2. The molecule has 0 fully saturated rings. The molecule has 6 nitrogen and oxygen atoms in total. The summed E-state index contributed by atoms with van der Waals surface area (Å²) in [7, 11) is 0. The Kier molecular flexibility index (Phi) is 4.14. The van der Waals surface area contributed by atoms with Gasteiger partial charge in [0.15, 0.2) is 11.4 Å². The molecule has 2 atom stereocenters. The molecule has 1 aliphatic heterocycles. The lowest BCUT2D eigenvalue weighted by molar-refractivity contribution is -0.121. The number of imidazole rings is 1. The van der Waals surface area contributed by atoms with Crippen LogP contribution in [0.5, 0.6) is 0 Å². The van der Waals surface area contributed by atoms with Crippen molar-refractivity contribution in [2.45, 2.75) is 33.7 Å². The summed E-state index contributed by atoms with van der Waals surface area (Å²) in [6.07, 6.45) is 1.78. The minimum atomic E-state index is -0.946. The van der Waals surface area contributed by atoms with Gasteiger partial charge in [-0.15, -0.1) is 0 Å². The highest BCUT2D eigenvalue weighted by Gasteiger charge is 2.46. The van der Waals surface area contributed by atoms with Gasteiger partial charge in [-0.3, -0.25) is 19.3 Å². The molecular weight excluding hydrogens is 354 g/mol. The largest absolute Gasteiger partial charge is 0.302 e. The Bertz CT molecular complexity index is 1130. The van der Waals surface area contributed by atoms with E-state index in [0.29, 0.717) is 16.9 Å². The number of nitrogens with zero attached hydrogens (tertiary/aromatic N) is 3. The molecule has 142 valence electrons. The molecule has 0 saturated heterocycles. The Morgan fingerprint density at radius 1 is 1.04 bits per heavy atom. The van der Waals surface area contributed by atoms with Gasteiger partial charge in [0.05, 0.1) is 17.4 Å². The van der Waals surface area contributed by atoms with Gasteiger partial charge in [0.1, 0.15) is 11.7 Å². The maximum Gasteiger partial charge on any atom is 0.224 e. The quantitative estimate of drug-likeness (QED) is 0.643. The van der Waals surface area contributed by atoms with Crippen LogP contribution in [0.2, 0.25) is 0 Å². The van der Waals surface area contributed by atoms with E-state index >= 15 is 0 Å². The van der Waals surface area contributed by atoms with Crippen molar-refractivity contribution in [2.24, 2.45) is 5.92 Å². The minimum absolute atomic E-state index is 0.236. The van der Waals surface area contributed by atoms with Crippen molar-refractivity contribution in [1.29, 1.82) is 0 Å². The molecule has 1 aromatic carbocycles. The predicted molar refractivity (Wildman–Crippen MR) is 106 cm³/mol. The van der Waals surface area contributed by atoms with Gasteiger partial charge in [0, 0.05) is 24.4 Å². The van der Waals surface area contributed by atoms with Crippen LogP contribution in [0.1, 0.15) is 47.2 Å². The van der Waals surface area contributed by atoms with E-state index < -0.39 is 12.0 Å². The maximum atomic E-state index is 13.3. The monoisotopic (exact) mass is 375 g/mol. The highest BCUT2D eigenvalue weighted by atomic mass is 16.2. The average molecular weight is 375 g/mol. The van der Waals surface area contributed by atoms with Crippen LogP contribution in [0.25, 0.3) is 5.65 Å². The second-order valence-corrected chi connectivity index (χ2v) is 7.25. The number of pyridine rings is 1. The number of benzene rings is 1. The second kappa shape index (κ2) is 6.41. The number of Topliss-reactive ketones (excluding diaryl/α,β-unsaturated/α-hetero) is 2. The van der Waals surface area contributed by atoms with Gasteiger partial charge in [-0.25, -0.2) is 4.98 Å². The van der Waals surface area contributed by atoms with Crippen molar-refractivity contribution < 1.29 is 14.4 Å². The zero-order valence-corrected chi connectivity index (χ0v) is 16.3. The van der Waals surface area contributed by atoms with Crippen molar-refractivity contribution in [3.05, 3.63) is 65.1 Å². The molecule has 0 saturated carbocycles. The summed E-state index contributed by atoms with van der Waals surface area (Å²) in [6.45, 7) is 6.70. The lowest BCUT2D eigenvalue weighted by atomic mass is 9.79. The highest BCUT2D eigenvalue weighted by Crippen LogP contribution is 2.44. The van der Waals surface area contributed by atoms with Crippen LogP contribution in [-0.4, -0.2) is 26.9 Å². The van der Waals surface area contributed by atoms with Crippen LogP contribution in [0.3, 0.4) is 0 Å². The molecule has 0 aliphatic carbocycles. The van der Waals surface area contributed by atoms with Crippen LogP contribution < -0.4 is 4.90 Å². The number of aryl methyl sites for hydroxylation is 2. The fraction of sp³-hybridized carbons (Fsp3) is 0.273. The third-order valence-corrected chi connectivity index (χ3v) is 5.55. The van der Waals surface area contributed by atoms with Gasteiger partial charge in [-0.1, -0.05) is 30.3 Å². The fourth-order valence-electron chi connectivity index (χ4n) is 4.11.